The van der Waals surface area contributed by atoms with E-state index in [1.807, 2.05) is 0 Å². The van der Waals surface area contributed by atoms with E-state index in [4.69, 9.17) is 0 Å². The van der Waals surface area contributed by atoms with E-state index >= 15 is 0 Å². The smallest absolute Gasteiger partial charge is 0.358 e. The van der Waals surface area contributed by atoms with Crippen LogP contribution in [0, 0.1) is 10.1 Å². The summed E-state index contributed by atoms with van der Waals surface area (Å²) in [5, 5.41) is 10.4. The Morgan fingerprint density at radius 2 is 2.33 bits per heavy atom. The number of imidazole rings is 1. The van der Waals surface area contributed by atoms with Crippen LogP contribution in [0.3, 0.4) is 0 Å². The van der Waals surface area contributed by atoms with E-state index in [2.05, 4.69) is 25.9 Å². The highest BCUT2D eigenvalue weighted by Crippen LogP contribution is 2.20. The molecule has 0 bridgehead atoms. The Kier molecular flexibility index (Phi) is 2.46. The minimum absolute atomic E-state index is 0.182. The average Bonchev–Trinajstić information content (AvgIpc) is 2.67. The van der Waals surface area contributed by atoms with Gasteiger partial charge in [0.05, 0.1) is 10.2 Å². The summed E-state index contributed by atoms with van der Waals surface area (Å²) in [7, 11) is 0. The summed E-state index contributed by atoms with van der Waals surface area (Å²) in [5.74, 6) is -0.182. The SMILES string of the molecule is O=[N+]([O-])c1cn(-c2ccncc2Br)cn1. The van der Waals surface area contributed by atoms with Gasteiger partial charge < -0.3 is 10.1 Å². The van der Waals surface area contributed by atoms with Gasteiger partial charge in [-0.3, -0.25) is 9.55 Å². The minimum Gasteiger partial charge on any atom is -0.358 e. The van der Waals surface area contributed by atoms with Gasteiger partial charge in [-0.15, -0.1) is 0 Å². The summed E-state index contributed by atoms with van der Waals surface area (Å²) in [4.78, 5) is 17.5. The van der Waals surface area contributed by atoms with Crippen LogP contribution >= 0.6 is 15.9 Å². The van der Waals surface area contributed by atoms with Gasteiger partial charge in [-0.1, -0.05) is 0 Å². The molecule has 0 unspecified atom stereocenters. The molecule has 2 heterocycles. The molecular weight excluding hydrogens is 264 g/mol. The predicted molar refractivity (Wildman–Crippen MR) is 55.7 cm³/mol. The molecule has 0 radical (unpaired) electrons. The molecule has 0 aliphatic rings. The zero-order chi connectivity index (χ0) is 10.8. The molecule has 0 saturated heterocycles. The largest absolute Gasteiger partial charge is 0.381 e. The van der Waals surface area contributed by atoms with Gasteiger partial charge in [0.2, 0.25) is 6.33 Å². The summed E-state index contributed by atoms with van der Waals surface area (Å²) in [6.45, 7) is 0. The van der Waals surface area contributed by atoms with Crippen LogP contribution in [0.15, 0.2) is 35.5 Å². The fraction of sp³-hybridized carbons (Fsp3) is 0. The van der Waals surface area contributed by atoms with Crippen molar-refractivity contribution in [3.05, 3.63) is 45.6 Å². The number of nitrogens with zero attached hydrogens (tertiary/aromatic N) is 4. The summed E-state index contributed by atoms with van der Waals surface area (Å²) in [6, 6.07) is 1.73. The number of nitro groups is 1. The van der Waals surface area contributed by atoms with Crippen molar-refractivity contribution in [3.8, 4) is 5.69 Å². The number of hydrogen-bond acceptors (Lipinski definition) is 4. The third kappa shape index (κ3) is 1.86. The summed E-state index contributed by atoms with van der Waals surface area (Å²) < 4.78 is 2.31. The van der Waals surface area contributed by atoms with Crippen LogP contribution in [-0.4, -0.2) is 19.5 Å². The molecule has 0 amide bonds. The molecule has 0 aliphatic heterocycles. The average molecular weight is 269 g/mol. The third-order valence-corrected chi connectivity index (χ3v) is 2.40. The lowest BCUT2D eigenvalue weighted by Gasteiger charge is -2.01. The summed E-state index contributed by atoms with van der Waals surface area (Å²) >= 11 is 3.30. The van der Waals surface area contributed by atoms with Gasteiger partial charge >= 0.3 is 5.82 Å². The Labute approximate surface area is 92.9 Å². The van der Waals surface area contributed by atoms with Gasteiger partial charge in [-0.25, -0.2) is 0 Å². The zero-order valence-electron chi connectivity index (χ0n) is 7.37. The maximum Gasteiger partial charge on any atom is 0.381 e. The van der Waals surface area contributed by atoms with Crippen LogP contribution in [0.4, 0.5) is 5.82 Å². The van der Waals surface area contributed by atoms with Crippen LogP contribution in [0.5, 0.6) is 0 Å². The number of pyridine rings is 1. The molecular formula is C8H5BrN4O2. The number of rotatable bonds is 2. The van der Waals surface area contributed by atoms with E-state index in [-0.39, 0.29) is 5.82 Å². The Balaban J connectivity index is 2.46. The zero-order valence-corrected chi connectivity index (χ0v) is 8.96. The molecule has 7 heteroatoms. The lowest BCUT2D eigenvalue weighted by atomic mass is 10.4. The van der Waals surface area contributed by atoms with Crippen molar-refractivity contribution in [2.75, 3.05) is 0 Å². The standard InChI is InChI=1S/C8H5BrN4O2/c9-6-3-10-2-1-7(6)12-4-8(11-5-12)13(14)15/h1-5H. The van der Waals surface area contributed by atoms with Crippen molar-refractivity contribution in [1.82, 2.24) is 14.5 Å². The van der Waals surface area contributed by atoms with Crippen molar-refractivity contribution in [2.45, 2.75) is 0 Å². The van der Waals surface area contributed by atoms with Gasteiger partial charge in [0.1, 0.15) is 6.20 Å². The molecule has 76 valence electrons. The van der Waals surface area contributed by atoms with E-state index < -0.39 is 4.92 Å². The van der Waals surface area contributed by atoms with Crippen molar-refractivity contribution < 1.29 is 4.92 Å². The van der Waals surface area contributed by atoms with Gasteiger partial charge in [-0.2, -0.15) is 0 Å². The maximum atomic E-state index is 10.4. The first kappa shape index (κ1) is 9.78. The lowest BCUT2D eigenvalue weighted by molar-refractivity contribution is -0.389. The molecule has 15 heavy (non-hydrogen) atoms. The molecule has 0 aromatic carbocycles. The van der Waals surface area contributed by atoms with Crippen LogP contribution < -0.4 is 0 Å². The van der Waals surface area contributed by atoms with Gasteiger partial charge in [0, 0.05) is 12.4 Å². The van der Waals surface area contributed by atoms with Crippen LogP contribution in [0.1, 0.15) is 0 Å². The van der Waals surface area contributed by atoms with E-state index in [9.17, 15) is 10.1 Å². The Hall–Kier alpha value is -1.76. The normalized spacial score (nSPS) is 10.2. The topological polar surface area (TPSA) is 73.8 Å². The predicted octanol–water partition coefficient (Wildman–Crippen LogP) is 1.94. The highest BCUT2D eigenvalue weighted by atomic mass is 79.9. The molecule has 0 fully saturated rings. The summed E-state index contributed by atoms with van der Waals surface area (Å²) in [6.07, 6.45) is 5.95. The molecule has 0 atom stereocenters. The fourth-order valence-electron chi connectivity index (χ4n) is 1.12. The number of halogens is 1. The lowest BCUT2D eigenvalue weighted by Crippen LogP contribution is -1.92. The Morgan fingerprint density at radius 3 is 2.93 bits per heavy atom. The monoisotopic (exact) mass is 268 g/mol. The van der Waals surface area contributed by atoms with Crippen LogP contribution in [0.25, 0.3) is 5.69 Å². The molecule has 2 rings (SSSR count). The molecule has 2 aromatic rings. The molecule has 0 aliphatic carbocycles. The third-order valence-electron chi connectivity index (χ3n) is 1.79. The maximum absolute atomic E-state index is 10.4. The first-order valence-corrected chi connectivity index (χ1v) is 4.76. The Bertz CT molecular complexity index is 511. The summed E-state index contributed by atoms with van der Waals surface area (Å²) in [5.41, 5.74) is 0.755. The van der Waals surface area contributed by atoms with Gasteiger partial charge in [0.15, 0.2) is 0 Å². The highest BCUT2D eigenvalue weighted by Gasteiger charge is 2.11. The van der Waals surface area contributed by atoms with Gasteiger partial charge in [0.25, 0.3) is 0 Å². The molecule has 6 nitrogen and oxygen atoms in total. The molecule has 2 aromatic heterocycles. The van der Waals surface area contributed by atoms with Crippen LogP contribution in [0.2, 0.25) is 0 Å². The highest BCUT2D eigenvalue weighted by molar-refractivity contribution is 9.10. The molecule has 0 saturated carbocycles. The van der Waals surface area contributed by atoms with Gasteiger partial charge in [-0.05, 0) is 31.9 Å². The second-order valence-corrected chi connectivity index (χ2v) is 3.58. The second kappa shape index (κ2) is 3.77. The second-order valence-electron chi connectivity index (χ2n) is 2.72. The number of hydrogen-bond donors (Lipinski definition) is 0. The van der Waals surface area contributed by atoms with Crippen molar-refractivity contribution in [1.29, 1.82) is 0 Å². The van der Waals surface area contributed by atoms with Crippen molar-refractivity contribution in [2.24, 2.45) is 0 Å². The van der Waals surface area contributed by atoms with Crippen molar-refractivity contribution in [3.63, 3.8) is 0 Å². The fourth-order valence-corrected chi connectivity index (χ4v) is 1.57. The number of aromatic nitrogens is 3. The molecule has 0 spiro atoms. The van der Waals surface area contributed by atoms with Crippen molar-refractivity contribution >= 4 is 21.7 Å². The quantitative estimate of drug-likeness (QED) is 0.616. The molecule has 0 N–H and O–H groups in total. The van der Waals surface area contributed by atoms with E-state index in [0.717, 1.165) is 10.2 Å². The first-order chi connectivity index (χ1) is 7.18. The van der Waals surface area contributed by atoms with Crippen LogP contribution in [-0.2, 0) is 0 Å². The first-order valence-electron chi connectivity index (χ1n) is 3.97. The van der Waals surface area contributed by atoms with E-state index in [0.29, 0.717) is 0 Å². The minimum atomic E-state index is -0.536. The Morgan fingerprint density at radius 1 is 1.53 bits per heavy atom. The van der Waals surface area contributed by atoms with E-state index in [1.165, 1.54) is 12.5 Å². The van der Waals surface area contributed by atoms with E-state index in [1.54, 1.807) is 23.0 Å².